The Hall–Kier alpha value is -2.33. The Kier molecular flexibility index (Phi) is 5.88. The van der Waals surface area contributed by atoms with Crippen LogP contribution in [0.3, 0.4) is 0 Å². The second-order valence-electron chi connectivity index (χ2n) is 6.76. The first-order chi connectivity index (χ1) is 14.4. The Morgan fingerprint density at radius 2 is 1.80 bits per heavy atom. The molecule has 4 rings (SSSR count). The van der Waals surface area contributed by atoms with E-state index >= 15 is 0 Å². The summed E-state index contributed by atoms with van der Waals surface area (Å²) in [6, 6.07) is 9.41. The van der Waals surface area contributed by atoms with Gasteiger partial charge < -0.3 is 9.73 Å². The summed E-state index contributed by atoms with van der Waals surface area (Å²) in [5, 5.41) is 7.59. The summed E-state index contributed by atoms with van der Waals surface area (Å²) in [6.07, 6.45) is 3.14. The maximum absolute atomic E-state index is 12.6. The number of hydrogen-bond donors (Lipinski definition) is 1. The van der Waals surface area contributed by atoms with Crippen LogP contribution >= 0.6 is 23.2 Å². The topological polar surface area (TPSA) is 97.4 Å². The normalized spacial score (nSPS) is 14.9. The molecule has 8 nitrogen and oxygen atoms in total. The molecule has 1 saturated heterocycles. The second kappa shape index (κ2) is 8.43. The van der Waals surface area contributed by atoms with E-state index in [1.807, 2.05) is 0 Å². The third-order valence-corrected chi connectivity index (χ3v) is 7.27. The summed E-state index contributed by atoms with van der Waals surface area (Å²) in [6.45, 7) is 1.15. The lowest BCUT2D eigenvalue weighted by Crippen LogP contribution is -2.27. The van der Waals surface area contributed by atoms with Gasteiger partial charge in [-0.2, -0.15) is 9.40 Å². The van der Waals surface area contributed by atoms with Crippen LogP contribution < -0.4 is 5.32 Å². The number of benzene rings is 1. The van der Waals surface area contributed by atoms with Gasteiger partial charge in [0.25, 0.3) is 15.9 Å². The van der Waals surface area contributed by atoms with Crippen molar-refractivity contribution in [1.29, 1.82) is 0 Å². The van der Waals surface area contributed by atoms with E-state index in [1.54, 1.807) is 24.3 Å². The standard InChI is InChI=1S/C19H18Cl2N4O4S/c20-14-4-3-5-15(21)13(14)12-25-17(8-9-22-25)23-19(26)16-6-7-18(29-16)30(27,28)24-10-1-2-11-24/h3-9H,1-2,10-12H2,(H,23,26). The van der Waals surface area contributed by atoms with Crippen LogP contribution in [0.4, 0.5) is 5.82 Å². The molecule has 3 heterocycles. The van der Waals surface area contributed by atoms with Crippen molar-refractivity contribution in [3.8, 4) is 0 Å². The largest absolute Gasteiger partial charge is 0.438 e. The zero-order chi connectivity index (χ0) is 21.3. The van der Waals surface area contributed by atoms with Crippen LogP contribution in [0.15, 0.2) is 52.1 Å². The quantitative estimate of drug-likeness (QED) is 0.591. The number of aromatic nitrogens is 2. The molecule has 11 heteroatoms. The maximum atomic E-state index is 12.6. The van der Waals surface area contributed by atoms with Crippen molar-refractivity contribution < 1.29 is 17.6 Å². The van der Waals surface area contributed by atoms with Gasteiger partial charge in [0.05, 0.1) is 12.7 Å². The molecule has 158 valence electrons. The lowest BCUT2D eigenvalue weighted by Gasteiger charge is -2.12. The van der Waals surface area contributed by atoms with Gasteiger partial charge in [-0.15, -0.1) is 0 Å². The van der Waals surface area contributed by atoms with Gasteiger partial charge in [0.1, 0.15) is 5.82 Å². The number of halogens is 2. The van der Waals surface area contributed by atoms with Gasteiger partial charge in [-0.25, -0.2) is 13.1 Å². The number of rotatable bonds is 6. The fraction of sp³-hybridized carbons (Fsp3) is 0.263. The molecule has 0 saturated carbocycles. The van der Waals surface area contributed by atoms with E-state index in [1.165, 1.54) is 27.3 Å². The highest BCUT2D eigenvalue weighted by molar-refractivity contribution is 7.89. The van der Waals surface area contributed by atoms with Crippen molar-refractivity contribution in [2.45, 2.75) is 24.5 Å². The number of furan rings is 1. The first kappa shape index (κ1) is 20.9. The predicted molar refractivity (Wildman–Crippen MR) is 112 cm³/mol. The Bertz CT molecular complexity index is 1160. The molecule has 30 heavy (non-hydrogen) atoms. The number of amides is 1. The summed E-state index contributed by atoms with van der Waals surface area (Å²) in [4.78, 5) is 12.6. The molecule has 2 aromatic heterocycles. The number of carbonyl (C=O) groups is 1. The SMILES string of the molecule is O=C(Nc1ccnn1Cc1c(Cl)cccc1Cl)c1ccc(S(=O)(=O)N2CCCC2)o1. The van der Waals surface area contributed by atoms with Crippen molar-refractivity contribution in [1.82, 2.24) is 14.1 Å². The summed E-state index contributed by atoms with van der Waals surface area (Å²) in [5.74, 6) is -0.322. The highest BCUT2D eigenvalue weighted by Crippen LogP contribution is 2.26. The van der Waals surface area contributed by atoms with E-state index in [0.717, 1.165) is 12.8 Å². The number of carbonyl (C=O) groups excluding carboxylic acids is 1. The van der Waals surface area contributed by atoms with Gasteiger partial charge in [-0.05, 0) is 37.1 Å². The summed E-state index contributed by atoms with van der Waals surface area (Å²) < 4.78 is 33.4. The molecular formula is C19H18Cl2N4O4S. The minimum atomic E-state index is -3.73. The summed E-state index contributed by atoms with van der Waals surface area (Å²) >= 11 is 12.4. The van der Waals surface area contributed by atoms with Gasteiger partial charge in [0.2, 0.25) is 5.09 Å². The van der Waals surface area contributed by atoms with Crippen LogP contribution in [0.2, 0.25) is 10.0 Å². The van der Waals surface area contributed by atoms with Crippen LogP contribution in [0.25, 0.3) is 0 Å². The molecule has 0 radical (unpaired) electrons. The Balaban J connectivity index is 1.51. The van der Waals surface area contributed by atoms with Crippen LogP contribution in [0.5, 0.6) is 0 Å². The number of nitrogens with one attached hydrogen (secondary N) is 1. The number of anilines is 1. The van der Waals surface area contributed by atoms with Gasteiger partial charge >= 0.3 is 0 Å². The molecule has 1 N–H and O–H groups in total. The Labute approximate surface area is 183 Å². The van der Waals surface area contributed by atoms with Gasteiger partial charge in [-0.1, -0.05) is 29.3 Å². The fourth-order valence-electron chi connectivity index (χ4n) is 3.21. The number of hydrogen-bond acceptors (Lipinski definition) is 5. The third-order valence-electron chi connectivity index (χ3n) is 4.79. The zero-order valence-electron chi connectivity index (χ0n) is 15.7. The van der Waals surface area contributed by atoms with E-state index in [0.29, 0.717) is 34.5 Å². The minimum Gasteiger partial charge on any atom is -0.438 e. The van der Waals surface area contributed by atoms with Crippen molar-refractivity contribution in [2.75, 3.05) is 18.4 Å². The third kappa shape index (κ3) is 4.11. The van der Waals surface area contributed by atoms with E-state index in [2.05, 4.69) is 10.4 Å². The minimum absolute atomic E-state index is 0.115. The van der Waals surface area contributed by atoms with Crippen molar-refractivity contribution >= 4 is 45.0 Å². The molecule has 0 bridgehead atoms. The lowest BCUT2D eigenvalue weighted by atomic mass is 10.2. The highest BCUT2D eigenvalue weighted by Gasteiger charge is 2.30. The van der Waals surface area contributed by atoms with Crippen LogP contribution in [0.1, 0.15) is 29.0 Å². The van der Waals surface area contributed by atoms with Crippen molar-refractivity contribution in [2.24, 2.45) is 0 Å². The molecule has 0 atom stereocenters. The molecule has 1 aliphatic rings. The van der Waals surface area contributed by atoms with Crippen molar-refractivity contribution in [3.63, 3.8) is 0 Å². The van der Waals surface area contributed by atoms with Gasteiger partial charge in [0.15, 0.2) is 5.76 Å². The summed E-state index contributed by atoms with van der Waals surface area (Å²) in [7, 11) is -3.73. The van der Waals surface area contributed by atoms with Crippen LogP contribution in [0, 0.1) is 0 Å². The molecule has 3 aromatic rings. The van der Waals surface area contributed by atoms with Gasteiger partial charge in [-0.3, -0.25) is 4.79 Å². The van der Waals surface area contributed by atoms with Crippen molar-refractivity contribution in [3.05, 3.63) is 64.0 Å². The Morgan fingerprint density at radius 3 is 2.50 bits per heavy atom. The average Bonchev–Trinajstić information content (AvgIpc) is 3.47. The lowest BCUT2D eigenvalue weighted by molar-refractivity contribution is 0.0990. The first-order valence-electron chi connectivity index (χ1n) is 9.22. The average molecular weight is 469 g/mol. The molecule has 1 aliphatic heterocycles. The number of sulfonamides is 1. The molecule has 0 unspecified atom stereocenters. The fourth-order valence-corrected chi connectivity index (χ4v) is 5.16. The highest BCUT2D eigenvalue weighted by atomic mass is 35.5. The van der Waals surface area contributed by atoms with E-state index in [9.17, 15) is 13.2 Å². The smallest absolute Gasteiger partial charge is 0.292 e. The predicted octanol–water partition coefficient (Wildman–Crippen LogP) is 3.87. The van der Waals surface area contributed by atoms with E-state index in [-0.39, 0.29) is 17.4 Å². The molecule has 1 amide bonds. The maximum Gasteiger partial charge on any atom is 0.292 e. The zero-order valence-corrected chi connectivity index (χ0v) is 18.0. The van der Waals surface area contributed by atoms with Gasteiger partial charge in [0, 0.05) is 34.8 Å². The first-order valence-corrected chi connectivity index (χ1v) is 11.4. The molecule has 1 aromatic carbocycles. The number of nitrogens with zero attached hydrogens (tertiary/aromatic N) is 3. The Morgan fingerprint density at radius 1 is 1.10 bits per heavy atom. The monoisotopic (exact) mass is 468 g/mol. The van der Waals surface area contributed by atoms with E-state index in [4.69, 9.17) is 27.6 Å². The molecule has 0 spiro atoms. The van der Waals surface area contributed by atoms with E-state index < -0.39 is 15.9 Å². The molecule has 0 aliphatic carbocycles. The second-order valence-corrected chi connectivity index (χ2v) is 9.44. The molecule has 1 fully saturated rings. The van der Waals surface area contributed by atoms with Crippen LogP contribution in [-0.2, 0) is 16.6 Å². The summed E-state index contributed by atoms with van der Waals surface area (Å²) in [5.41, 5.74) is 0.664. The van der Waals surface area contributed by atoms with Crippen LogP contribution in [-0.4, -0.2) is 41.5 Å². The molecular weight excluding hydrogens is 451 g/mol.